The lowest BCUT2D eigenvalue weighted by Gasteiger charge is -2.14. The van der Waals surface area contributed by atoms with Crippen LogP contribution in [0.15, 0.2) is 12.1 Å². The fraction of sp³-hybridized carbons (Fsp3) is 0.545. The first kappa shape index (κ1) is 13.5. The molecule has 0 aromatic carbocycles. The van der Waals surface area contributed by atoms with Gasteiger partial charge in [0.1, 0.15) is 0 Å². The molecule has 0 amide bonds. The van der Waals surface area contributed by atoms with Crippen molar-refractivity contribution < 1.29 is 9.53 Å². The van der Waals surface area contributed by atoms with Crippen LogP contribution in [0.4, 0.5) is 0 Å². The summed E-state index contributed by atoms with van der Waals surface area (Å²) in [6.45, 7) is 1.75. The van der Waals surface area contributed by atoms with Crippen LogP contribution in [0.2, 0.25) is 4.34 Å². The fourth-order valence-electron chi connectivity index (χ4n) is 1.38. The lowest BCUT2D eigenvalue weighted by Crippen LogP contribution is -2.19. The SMILES string of the molecule is COC(=O)CCCN(C)Cc1ccc(Cl)s1. The lowest BCUT2D eigenvalue weighted by atomic mass is 10.3. The first-order valence-corrected chi connectivity index (χ1v) is 6.31. The number of carbonyl (C=O) groups excluding carboxylic acids is 1. The monoisotopic (exact) mass is 261 g/mol. The number of halogens is 1. The molecule has 5 heteroatoms. The van der Waals surface area contributed by atoms with E-state index in [0.717, 1.165) is 23.8 Å². The van der Waals surface area contributed by atoms with Gasteiger partial charge in [-0.15, -0.1) is 11.3 Å². The molecule has 1 heterocycles. The molecule has 0 aliphatic heterocycles. The molecular formula is C11H16ClNO2S. The molecule has 0 aliphatic rings. The van der Waals surface area contributed by atoms with Crippen molar-refractivity contribution in [2.75, 3.05) is 20.7 Å². The van der Waals surface area contributed by atoms with Crippen molar-refractivity contribution in [3.8, 4) is 0 Å². The Balaban J connectivity index is 2.20. The zero-order valence-electron chi connectivity index (χ0n) is 9.53. The summed E-state index contributed by atoms with van der Waals surface area (Å²) in [5.41, 5.74) is 0. The van der Waals surface area contributed by atoms with Crippen molar-refractivity contribution in [1.29, 1.82) is 0 Å². The van der Waals surface area contributed by atoms with Crippen molar-refractivity contribution in [3.05, 3.63) is 21.3 Å². The minimum atomic E-state index is -0.146. The number of thiophene rings is 1. The number of esters is 1. The highest BCUT2D eigenvalue weighted by atomic mass is 35.5. The van der Waals surface area contributed by atoms with Crippen LogP contribution in [0, 0.1) is 0 Å². The number of hydrogen-bond acceptors (Lipinski definition) is 4. The van der Waals surface area contributed by atoms with Gasteiger partial charge in [0.15, 0.2) is 0 Å². The first-order valence-electron chi connectivity index (χ1n) is 5.11. The van der Waals surface area contributed by atoms with Crippen LogP contribution >= 0.6 is 22.9 Å². The van der Waals surface area contributed by atoms with E-state index in [-0.39, 0.29) is 5.97 Å². The molecule has 1 aromatic rings. The Morgan fingerprint density at radius 2 is 2.31 bits per heavy atom. The molecule has 0 saturated carbocycles. The number of ether oxygens (including phenoxy) is 1. The van der Waals surface area contributed by atoms with E-state index in [1.165, 1.54) is 12.0 Å². The maximum Gasteiger partial charge on any atom is 0.305 e. The third-order valence-electron chi connectivity index (χ3n) is 2.20. The van der Waals surface area contributed by atoms with Crippen molar-refractivity contribution in [1.82, 2.24) is 4.90 Å². The second kappa shape index (κ2) is 6.89. The summed E-state index contributed by atoms with van der Waals surface area (Å²) in [5.74, 6) is -0.146. The van der Waals surface area contributed by atoms with Crippen molar-refractivity contribution in [3.63, 3.8) is 0 Å². The van der Waals surface area contributed by atoms with Gasteiger partial charge in [0.2, 0.25) is 0 Å². The molecule has 0 saturated heterocycles. The zero-order chi connectivity index (χ0) is 12.0. The first-order chi connectivity index (χ1) is 7.61. The number of hydrogen-bond donors (Lipinski definition) is 0. The largest absolute Gasteiger partial charge is 0.469 e. The fourth-order valence-corrected chi connectivity index (χ4v) is 2.55. The molecule has 1 rings (SSSR count). The van der Waals surface area contributed by atoms with E-state index in [4.69, 9.17) is 11.6 Å². The number of rotatable bonds is 6. The molecule has 0 fully saturated rings. The summed E-state index contributed by atoms with van der Waals surface area (Å²) in [6.07, 6.45) is 1.30. The average Bonchev–Trinajstić information content (AvgIpc) is 2.63. The molecule has 3 nitrogen and oxygen atoms in total. The number of carbonyl (C=O) groups is 1. The van der Waals surface area contributed by atoms with Gasteiger partial charge in [-0.05, 0) is 32.1 Å². The van der Waals surface area contributed by atoms with Gasteiger partial charge in [0.25, 0.3) is 0 Å². The van der Waals surface area contributed by atoms with Crippen LogP contribution in [0.25, 0.3) is 0 Å². The molecule has 1 aromatic heterocycles. The maximum atomic E-state index is 10.9. The van der Waals surface area contributed by atoms with Gasteiger partial charge in [0.05, 0.1) is 11.4 Å². The highest BCUT2D eigenvalue weighted by Gasteiger charge is 2.05. The van der Waals surface area contributed by atoms with E-state index in [9.17, 15) is 4.79 Å². The topological polar surface area (TPSA) is 29.5 Å². The van der Waals surface area contributed by atoms with Crippen LogP contribution in [0.1, 0.15) is 17.7 Å². The number of methoxy groups -OCH3 is 1. The van der Waals surface area contributed by atoms with E-state index >= 15 is 0 Å². The van der Waals surface area contributed by atoms with Gasteiger partial charge in [-0.2, -0.15) is 0 Å². The Labute approximate surface area is 105 Å². The van der Waals surface area contributed by atoms with E-state index in [2.05, 4.69) is 9.64 Å². The van der Waals surface area contributed by atoms with Crippen LogP contribution in [0.3, 0.4) is 0 Å². The normalized spacial score (nSPS) is 10.8. The summed E-state index contributed by atoms with van der Waals surface area (Å²) in [6, 6.07) is 3.94. The summed E-state index contributed by atoms with van der Waals surface area (Å²) < 4.78 is 5.40. The maximum absolute atomic E-state index is 10.9. The van der Waals surface area contributed by atoms with Gasteiger partial charge >= 0.3 is 5.97 Å². The van der Waals surface area contributed by atoms with E-state index in [0.29, 0.717) is 6.42 Å². The Kier molecular flexibility index (Phi) is 5.80. The van der Waals surface area contributed by atoms with Crippen LogP contribution in [0.5, 0.6) is 0 Å². The summed E-state index contributed by atoms with van der Waals surface area (Å²) in [5, 5.41) is 0. The molecule has 0 spiro atoms. The molecule has 0 N–H and O–H groups in total. The highest BCUT2D eigenvalue weighted by Crippen LogP contribution is 2.22. The predicted molar refractivity (Wildman–Crippen MR) is 66.9 cm³/mol. The van der Waals surface area contributed by atoms with Gasteiger partial charge < -0.3 is 9.64 Å². The standard InChI is InChI=1S/C11H16ClNO2S/c1-13(7-3-4-11(14)15-2)8-9-5-6-10(12)16-9/h5-6H,3-4,7-8H2,1-2H3. The van der Waals surface area contributed by atoms with Gasteiger partial charge in [-0.25, -0.2) is 0 Å². The zero-order valence-corrected chi connectivity index (χ0v) is 11.1. The van der Waals surface area contributed by atoms with Crippen molar-refractivity contribution in [2.45, 2.75) is 19.4 Å². The molecule has 90 valence electrons. The van der Waals surface area contributed by atoms with Gasteiger partial charge in [-0.1, -0.05) is 11.6 Å². The molecule has 16 heavy (non-hydrogen) atoms. The van der Waals surface area contributed by atoms with E-state index in [1.54, 1.807) is 11.3 Å². The Hall–Kier alpha value is -0.580. The van der Waals surface area contributed by atoms with Crippen LogP contribution < -0.4 is 0 Å². The van der Waals surface area contributed by atoms with Crippen molar-refractivity contribution in [2.24, 2.45) is 0 Å². The molecule has 0 bridgehead atoms. The minimum Gasteiger partial charge on any atom is -0.469 e. The van der Waals surface area contributed by atoms with Crippen molar-refractivity contribution >= 4 is 28.9 Å². The Morgan fingerprint density at radius 1 is 1.56 bits per heavy atom. The second-order valence-corrected chi connectivity index (χ2v) is 5.42. The highest BCUT2D eigenvalue weighted by molar-refractivity contribution is 7.16. The average molecular weight is 262 g/mol. The third-order valence-corrected chi connectivity index (χ3v) is 3.42. The smallest absolute Gasteiger partial charge is 0.305 e. The van der Waals surface area contributed by atoms with Crippen LogP contribution in [-0.4, -0.2) is 31.6 Å². The molecule has 0 atom stereocenters. The third kappa shape index (κ3) is 4.96. The summed E-state index contributed by atoms with van der Waals surface area (Å²) in [7, 11) is 3.45. The van der Waals surface area contributed by atoms with E-state index < -0.39 is 0 Å². The van der Waals surface area contributed by atoms with E-state index in [1.807, 2.05) is 19.2 Å². The lowest BCUT2D eigenvalue weighted by molar-refractivity contribution is -0.140. The minimum absolute atomic E-state index is 0.146. The Bertz CT molecular complexity index is 340. The summed E-state index contributed by atoms with van der Waals surface area (Å²) >= 11 is 7.44. The number of nitrogens with zero attached hydrogens (tertiary/aromatic N) is 1. The van der Waals surface area contributed by atoms with Crippen LogP contribution in [-0.2, 0) is 16.1 Å². The van der Waals surface area contributed by atoms with Gasteiger partial charge in [-0.3, -0.25) is 4.79 Å². The quantitative estimate of drug-likeness (QED) is 0.738. The predicted octanol–water partition coefficient (Wildman–Crippen LogP) is 2.79. The summed E-state index contributed by atoms with van der Waals surface area (Å²) in [4.78, 5) is 14.3. The van der Waals surface area contributed by atoms with Gasteiger partial charge in [0, 0.05) is 17.8 Å². The molecule has 0 aliphatic carbocycles. The second-order valence-electron chi connectivity index (χ2n) is 3.62. The molecule has 0 radical (unpaired) electrons. The Morgan fingerprint density at radius 3 is 2.88 bits per heavy atom. The molecular weight excluding hydrogens is 246 g/mol. The molecule has 0 unspecified atom stereocenters.